The van der Waals surface area contributed by atoms with Crippen LogP contribution in [-0.4, -0.2) is 44.4 Å². The number of anilines is 2. The molecule has 0 amide bonds. The first-order chi connectivity index (χ1) is 10.4. The molecule has 1 aliphatic heterocycles. The van der Waals surface area contributed by atoms with Gasteiger partial charge in [0.1, 0.15) is 12.1 Å². The van der Waals surface area contributed by atoms with Crippen LogP contribution < -0.4 is 10.2 Å². The predicted octanol–water partition coefficient (Wildman–Crippen LogP) is 1.07. The van der Waals surface area contributed by atoms with E-state index < -0.39 is 0 Å². The number of aromatic nitrogens is 5. The summed E-state index contributed by atoms with van der Waals surface area (Å²) in [6, 6.07) is 7.91. The average Bonchev–Trinajstić information content (AvgIpc) is 2.94. The zero-order chi connectivity index (χ0) is 14.1. The molecule has 0 atom stereocenters. The van der Waals surface area contributed by atoms with Crippen molar-refractivity contribution in [2.24, 2.45) is 5.92 Å². The van der Waals surface area contributed by atoms with Gasteiger partial charge in [0.05, 0.1) is 0 Å². The van der Waals surface area contributed by atoms with Crippen molar-refractivity contribution in [1.29, 1.82) is 0 Å². The highest BCUT2D eigenvalue weighted by atomic mass is 15.4. The third-order valence-electron chi connectivity index (χ3n) is 3.70. The highest BCUT2D eigenvalue weighted by molar-refractivity contribution is 5.47. The third-order valence-corrected chi connectivity index (χ3v) is 3.70. The molecule has 1 N–H and O–H groups in total. The topological polar surface area (TPSA) is 71.2 Å². The quantitative estimate of drug-likeness (QED) is 0.771. The number of rotatable bonds is 4. The molecule has 1 aliphatic rings. The Balaban J connectivity index is 1.34. The largest absolute Gasteiger partial charge is 0.385 e. The van der Waals surface area contributed by atoms with E-state index in [1.807, 2.05) is 24.3 Å². The van der Waals surface area contributed by atoms with Gasteiger partial charge in [0.25, 0.3) is 0 Å². The maximum absolute atomic E-state index is 4.50. The van der Waals surface area contributed by atoms with Gasteiger partial charge in [-0.05, 0) is 24.3 Å². The van der Waals surface area contributed by atoms with E-state index in [1.165, 1.54) is 0 Å². The molecule has 0 unspecified atom stereocenters. The van der Waals surface area contributed by atoms with E-state index in [0.29, 0.717) is 5.92 Å². The van der Waals surface area contributed by atoms with Crippen molar-refractivity contribution in [3.05, 3.63) is 43.0 Å². The first kappa shape index (κ1) is 12.1. The van der Waals surface area contributed by atoms with Gasteiger partial charge in [-0.2, -0.15) is 4.52 Å². The van der Waals surface area contributed by atoms with E-state index in [2.05, 4.69) is 30.5 Å². The molecule has 1 saturated heterocycles. The molecule has 4 heterocycles. The maximum atomic E-state index is 4.50. The Hall–Kier alpha value is -2.70. The molecule has 3 aromatic heterocycles. The van der Waals surface area contributed by atoms with Gasteiger partial charge in [-0.15, -0.1) is 15.3 Å². The van der Waals surface area contributed by atoms with Gasteiger partial charge in [0.15, 0.2) is 5.65 Å². The molecular weight excluding hydrogens is 266 g/mol. The minimum absolute atomic E-state index is 0.636. The van der Waals surface area contributed by atoms with Gasteiger partial charge in [-0.1, -0.05) is 0 Å². The van der Waals surface area contributed by atoms with E-state index in [-0.39, 0.29) is 0 Å². The Labute approximate surface area is 121 Å². The Kier molecular flexibility index (Phi) is 2.88. The second-order valence-electron chi connectivity index (χ2n) is 5.21. The van der Waals surface area contributed by atoms with Gasteiger partial charge in [-0.3, -0.25) is 4.98 Å². The summed E-state index contributed by atoms with van der Waals surface area (Å²) < 4.78 is 1.71. The van der Waals surface area contributed by atoms with Gasteiger partial charge in [-0.25, -0.2) is 0 Å². The van der Waals surface area contributed by atoms with E-state index in [4.69, 9.17) is 0 Å². The number of hydrogen-bond donors (Lipinski definition) is 1. The standard InChI is InChI=1S/C14H15N7/c1-2-14(19-21-10-17-18-13(1)21)20-8-11(9-20)7-16-12-3-5-15-6-4-12/h1-6,10-11H,7-9H2,(H,15,16). The lowest BCUT2D eigenvalue weighted by molar-refractivity contribution is 0.425. The van der Waals surface area contributed by atoms with Crippen molar-refractivity contribution in [3.63, 3.8) is 0 Å². The highest BCUT2D eigenvalue weighted by Gasteiger charge is 2.27. The smallest absolute Gasteiger partial charge is 0.177 e. The molecule has 0 bridgehead atoms. The molecular formula is C14H15N7. The zero-order valence-corrected chi connectivity index (χ0v) is 11.4. The lowest BCUT2D eigenvalue weighted by Gasteiger charge is -2.40. The Morgan fingerprint density at radius 1 is 1.14 bits per heavy atom. The minimum atomic E-state index is 0.636. The summed E-state index contributed by atoms with van der Waals surface area (Å²) in [5.41, 5.74) is 1.89. The fourth-order valence-electron chi connectivity index (χ4n) is 2.51. The van der Waals surface area contributed by atoms with Crippen LogP contribution in [0.2, 0.25) is 0 Å². The number of hydrogen-bond acceptors (Lipinski definition) is 6. The molecule has 4 rings (SSSR count). The Morgan fingerprint density at radius 2 is 2.00 bits per heavy atom. The van der Waals surface area contributed by atoms with E-state index in [9.17, 15) is 0 Å². The van der Waals surface area contributed by atoms with Crippen LogP contribution in [-0.2, 0) is 0 Å². The SMILES string of the molecule is c1cc(NCC2CN(c3ccc4nncn4n3)C2)ccn1. The average molecular weight is 281 g/mol. The van der Waals surface area contributed by atoms with Crippen molar-refractivity contribution in [2.45, 2.75) is 0 Å². The summed E-state index contributed by atoms with van der Waals surface area (Å²) in [7, 11) is 0. The second kappa shape index (κ2) is 5.01. The molecule has 0 aromatic carbocycles. The second-order valence-corrected chi connectivity index (χ2v) is 5.21. The van der Waals surface area contributed by atoms with Crippen molar-refractivity contribution >= 4 is 17.2 Å². The summed E-state index contributed by atoms with van der Waals surface area (Å²) >= 11 is 0. The highest BCUT2D eigenvalue weighted by Crippen LogP contribution is 2.23. The van der Waals surface area contributed by atoms with Crippen molar-refractivity contribution < 1.29 is 0 Å². The van der Waals surface area contributed by atoms with Crippen molar-refractivity contribution in [3.8, 4) is 0 Å². The molecule has 3 aromatic rings. The Bertz CT molecular complexity index is 733. The Morgan fingerprint density at radius 3 is 2.86 bits per heavy atom. The third kappa shape index (κ3) is 2.37. The van der Waals surface area contributed by atoms with Crippen LogP contribution in [0.15, 0.2) is 43.0 Å². The molecule has 0 saturated carbocycles. The van der Waals surface area contributed by atoms with Crippen LogP contribution in [0.4, 0.5) is 11.5 Å². The molecule has 106 valence electrons. The normalized spacial score (nSPS) is 15.1. The van der Waals surface area contributed by atoms with Crippen LogP contribution in [0.25, 0.3) is 5.65 Å². The van der Waals surface area contributed by atoms with Crippen molar-refractivity contribution in [2.75, 3.05) is 29.9 Å². The van der Waals surface area contributed by atoms with Gasteiger partial charge >= 0.3 is 0 Å². The fraction of sp³-hybridized carbons (Fsp3) is 0.286. The maximum Gasteiger partial charge on any atom is 0.177 e. The predicted molar refractivity (Wildman–Crippen MR) is 79.2 cm³/mol. The molecule has 21 heavy (non-hydrogen) atoms. The van der Waals surface area contributed by atoms with Gasteiger partial charge in [0, 0.05) is 43.6 Å². The van der Waals surface area contributed by atoms with Crippen LogP contribution in [0.5, 0.6) is 0 Å². The van der Waals surface area contributed by atoms with Crippen LogP contribution >= 0.6 is 0 Å². The van der Waals surface area contributed by atoms with Crippen LogP contribution in [0.1, 0.15) is 0 Å². The summed E-state index contributed by atoms with van der Waals surface area (Å²) in [6.07, 6.45) is 5.22. The molecule has 7 nitrogen and oxygen atoms in total. The van der Waals surface area contributed by atoms with E-state index in [1.54, 1.807) is 23.2 Å². The zero-order valence-electron chi connectivity index (χ0n) is 11.4. The minimum Gasteiger partial charge on any atom is -0.385 e. The molecule has 0 radical (unpaired) electrons. The fourth-order valence-corrected chi connectivity index (χ4v) is 2.51. The summed E-state index contributed by atoms with van der Waals surface area (Å²) in [5, 5.41) is 15.7. The van der Waals surface area contributed by atoms with Crippen molar-refractivity contribution in [1.82, 2.24) is 24.8 Å². The summed E-state index contributed by atoms with van der Waals surface area (Å²) in [4.78, 5) is 6.27. The lowest BCUT2D eigenvalue weighted by Crippen LogP contribution is -2.50. The van der Waals surface area contributed by atoms with Gasteiger partial charge < -0.3 is 10.2 Å². The van der Waals surface area contributed by atoms with E-state index >= 15 is 0 Å². The van der Waals surface area contributed by atoms with Crippen LogP contribution in [0, 0.1) is 5.92 Å². The first-order valence-corrected chi connectivity index (χ1v) is 6.94. The number of fused-ring (bicyclic) bond motifs is 1. The van der Waals surface area contributed by atoms with Crippen LogP contribution in [0.3, 0.4) is 0 Å². The molecule has 7 heteroatoms. The molecule has 1 fully saturated rings. The molecule has 0 aliphatic carbocycles. The molecule has 0 spiro atoms. The summed E-state index contributed by atoms with van der Waals surface area (Å²) in [6.45, 7) is 2.99. The lowest BCUT2D eigenvalue weighted by atomic mass is 10.0. The van der Waals surface area contributed by atoms with Gasteiger partial charge in [0.2, 0.25) is 0 Å². The number of nitrogens with zero attached hydrogens (tertiary/aromatic N) is 6. The van der Waals surface area contributed by atoms with E-state index in [0.717, 1.165) is 36.8 Å². The number of nitrogens with one attached hydrogen (secondary N) is 1. The number of pyridine rings is 1. The summed E-state index contributed by atoms with van der Waals surface area (Å²) in [5.74, 6) is 1.61. The first-order valence-electron chi connectivity index (χ1n) is 6.94. The monoisotopic (exact) mass is 281 g/mol.